The lowest BCUT2D eigenvalue weighted by atomic mass is 10.1. The Morgan fingerprint density at radius 3 is 2.36 bits per heavy atom. The predicted molar refractivity (Wildman–Crippen MR) is 111 cm³/mol. The van der Waals surface area contributed by atoms with Crippen molar-refractivity contribution in [3.63, 3.8) is 0 Å². The number of para-hydroxylation sites is 1. The highest BCUT2D eigenvalue weighted by Crippen LogP contribution is 2.31. The Hall–Kier alpha value is -3.08. The van der Waals surface area contributed by atoms with Gasteiger partial charge in [-0.3, -0.25) is 9.59 Å². The third-order valence-electron chi connectivity index (χ3n) is 4.79. The molecular formula is C23H25NO4. The van der Waals surface area contributed by atoms with Crippen LogP contribution in [0, 0.1) is 6.92 Å². The molecular weight excluding hydrogens is 354 g/mol. The number of benzene rings is 2. The van der Waals surface area contributed by atoms with Crippen LogP contribution < -0.4 is 10.2 Å². The summed E-state index contributed by atoms with van der Waals surface area (Å²) >= 11 is 0. The Morgan fingerprint density at radius 1 is 1.07 bits per heavy atom. The molecule has 0 aliphatic heterocycles. The van der Waals surface area contributed by atoms with Crippen molar-refractivity contribution in [1.82, 2.24) is 4.90 Å². The van der Waals surface area contributed by atoms with E-state index < -0.39 is 6.10 Å². The fraction of sp³-hybridized carbons (Fsp3) is 0.304. The number of fused-ring (bicyclic) bond motifs is 1. The number of hydrogen-bond acceptors (Lipinski definition) is 4. The number of likely N-dealkylation sites (N-methyl/N-ethyl adjacent to an activating group) is 1. The zero-order chi connectivity index (χ0) is 20.3. The summed E-state index contributed by atoms with van der Waals surface area (Å²) in [6.07, 6.45) is -0.798. The van der Waals surface area contributed by atoms with Gasteiger partial charge in [0.2, 0.25) is 11.2 Å². The second kappa shape index (κ2) is 8.30. The normalized spacial score (nSPS) is 12.0. The molecule has 5 heteroatoms. The Labute approximate surface area is 164 Å². The lowest BCUT2D eigenvalue weighted by Crippen LogP contribution is -2.40. The minimum absolute atomic E-state index is 0.0653. The topological polar surface area (TPSA) is 59.8 Å². The first-order valence-corrected chi connectivity index (χ1v) is 9.54. The molecule has 0 spiro atoms. The smallest absolute Gasteiger partial charge is 0.263 e. The summed E-state index contributed by atoms with van der Waals surface area (Å²) in [5.74, 6) is 0.242. The van der Waals surface area contributed by atoms with Crippen LogP contribution >= 0.6 is 0 Å². The molecule has 146 valence electrons. The Kier molecular flexibility index (Phi) is 5.83. The number of aryl methyl sites for hydroxylation is 1. The maximum Gasteiger partial charge on any atom is 0.263 e. The van der Waals surface area contributed by atoms with E-state index in [2.05, 4.69) is 0 Å². The number of hydrogen-bond donors (Lipinski definition) is 0. The largest absolute Gasteiger partial charge is 0.473 e. The third-order valence-corrected chi connectivity index (χ3v) is 4.79. The number of carbonyl (C=O) groups is 1. The zero-order valence-electron chi connectivity index (χ0n) is 16.7. The number of ether oxygens (including phenoxy) is 1. The van der Waals surface area contributed by atoms with Gasteiger partial charge in [-0.2, -0.15) is 0 Å². The van der Waals surface area contributed by atoms with Crippen molar-refractivity contribution in [2.24, 2.45) is 0 Å². The molecule has 0 saturated heterocycles. The van der Waals surface area contributed by atoms with E-state index in [0.717, 1.165) is 11.1 Å². The van der Waals surface area contributed by atoms with Crippen molar-refractivity contribution in [3.05, 3.63) is 64.3 Å². The molecule has 2 aromatic carbocycles. The molecule has 0 N–H and O–H groups in total. The molecule has 3 rings (SSSR count). The van der Waals surface area contributed by atoms with E-state index in [1.165, 1.54) is 0 Å². The lowest BCUT2D eigenvalue weighted by molar-refractivity contribution is -0.137. The van der Waals surface area contributed by atoms with Crippen molar-refractivity contribution in [1.29, 1.82) is 0 Å². The van der Waals surface area contributed by atoms with Crippen LogP contribution in [0.3, 0.4) is 0 Å². The highest BCUT2D eigenvalue weighted by Gasteiger charge is 2.25. The summed E-state index contributed by atoms with van der Waals surface area (Å²) in [6, 6.07) is 14.7. The Balaban J connectivity index is 2.12. The van der Waals surface area contributed by atoms with E-state index in [4.69, 9.17) is 9.15 Å². The molecule has 0 saturated carbocycles. The van der Waals surface area contributed by atoms with E-state index in [0.29, 0.717) is 29.8 Å². The fourth-order valence-electron chi connectivity index (χ4n) is 3.15. The molecule has 0 aliphatic rings. The van der Waals surface area contributed by atoms with Crippen LogP contribution in [0.25, 0.3) is 22.3 Å². The fourth-order valence-corrected chi connectivity index (χ4v) is 3.15. The van der Waals surface area contributed by atoms with Crippen molar-refractivity contribution >= 4 is 16.9 Å². The molecule has 28 heavy (non-hydrogen) atoms. The van der Waals surface area contributed by atoms with Gasteiger partial charge in [-0.25, -0.2) is 0 Å². The van der Waals surface area contributed by atoms with Gasteiger partial charge in [0.05, 0.1) is 5.39 Å². The predicted octanol–water partition coefficient (Wildman–Crippen LogP) is 4.40. The summed E-state index contributed by atoms with van der Waals surface area (Å²) in [7, 11) is 0. The zero-order valence-corrected chi connectivity index (χ0v) is 16.7. The van der Waals surface area contributed by atoms with E-state index in [1.54, 1.807) is 30.0 Å². The molecule has 1 heterocycles. The van der Waals surface area contributed by atoms with E-state index in [1.807, 2.05) is 51.1 Å². The molecule has 3 aromatic rings. The van der Waals surface area contributed by atoms with Crippen LogP contribution in [0.5, 0.6) is 5.75 Å². The van der Waals surface area contributed by atoms with Crippen molar-refractivity contribution in [2.75, 3.05) is 13.1 Å². The van der Waals surface area contributed by atoms with Gasteiger partial charge < -0.3 is 14.1 Å². The summed E-state index contributed by atoms with van der Waals surface area (Å²) in [5.41, 5.74) is 2.03. The van der Waals surface area contributed by atoms with Crippen molar-refractivity contribution in [2.45, 2.75) is 33.8 Å². The molecule has 1 aromatic heterocycles. The number of nitrogens with zero attached hydrogens (tertiary/aromatic N) is 1. The summed E-state index contributed by atoms with van der Waals surface area (Å²) in [4.78, 5) is 27.5. The molecule has 1 unspecified atom stereocenters. The van der Waals surface area contributed by atoms with Gasteiger partial charge in [-0.05, 0) is 39.8 Å². The molecule has 0 bridgehead atoms. The second-order valence-corrected chi connectivity index (χ2v) is 6.72. The van der Waals surface area contributed by atoms with Crippen LogP contribution in [-0.2, 0) is 4.79 Å². The first-order chi connectivity index (χ1) is 13.5. The van der Waals surface area contributed by atoms with Crippen molar-refractivity contribution in [3.8, 4) is 17.1 Å². The van der Waals surface area contributed by atoms with Gasteiger partial charge in [-0.1, -0.05) is 42.0 Å². The van der Waals surface area contributed by atoms with Gasteiger partial charge >= 0.3 is 0 Å². The molecule has 5 nitrogen and oxygen atoms in total. The van der Waals surface area contributed by atoms with Gasteiger partial charge in [0.1, 0.15) is 5.58 Å². The highest BCUT2D eigenvalue weighted by atomic mass is 16.5. The van der Waals surface area contributed by atoms with Gasteiger partial charge in [0.15, 0.2) is 11.9 Å². The summed E-state index contributed by atoms with van der Waals surface area (Å²) in [5, 5.41) is 0.427. The second-order valence-electron chi connectivity index (χ2n) is 6.72. The molecule has 0 fully saturated rings. The van der Waals surface area contributed by atoms with Crippen LogP contribution in [0.15, 0.2) is 57.7 Å². The molecule has 1 amide bonds. The van der Waals surface area contributed by atoms with Gasteiger partial charge in [0.25, 0.3) is 5.91 Å². The summed E-state index contributed by atoms with van der Waals surface area (Å²) in [6.45, 7) is 8.64. The van der Waals surface area contributed by atoms with E-state index >= 15 is 0 Å². The van der Waals surface area contributed by atoms with Crippen LogP contribution in [0.2, 0.25) is 0 Å². The quantitative estimate of drug-likeness (QED) is 0.637. The number of amides is 1. The number of rotatable bonds is 6. The van der Waals surface area contributed by atoms with Crippen LogP contribution in [0.4, 0.5) is 0 Å². The SMILES string of the molecule is CCN(CC)C(=O)C(C)Oc1c(-c2ccc(C)cc2)oc2ccccc2c1=O. The van der Waals surface area contributed by atoms with Crippen LogP contribution in [-0.4, -0.2) is 30.0 Å². The maximum atomic E-state index is 13.1. The van der Waals surface area contributed by atoms with E-state index in [-0.39, 0.29) is 17.1 Å². The van der Waals surface area contributed by atoms with Crippen molar-refractivity contribution < 1.29 is 13.9 Å². The van der Waals surface area contributed by atoms with Gasteiger partial charge in [-0.15, -0.1) is 0 Å². The molecule has 1 atom stereocenters. The molecule has 0 aliphatic carbocycles. The standard InChI is InChI=1S/C23H25NO4/c1-5-24(6-2)23(26)16(4)27-22-20(25)18-9-7-8-10-19(18)28-21(22)17-13-11-15(3)12-14-17/h7-14,16H,5-6H2,1-4H3. The van der Waals surface area contributed by atoms with E-state index in [9.17, 15) is 9.59 Å². The molecule has 0 radical (unpaired) electrons. The number of carbonyl (C=O) groups excluding carboxylic acids is 1. The minimum Gasteiger partial charge on any atom is -0.473 e. The monoisotopic (exact) mass is 379 g/mol. The first kappa shape index (κ1) is 19.7. The first-order valence-electron chi connectivity index (χ1n) is 9.54. The average molecular weight is 379 g/mol. The minimum atomic E-state index is -0.798. The van der Waals surface area contributed by atoms with Gasteiger partial charge in [0, 0.05) is 18.7 Å². The Bertz CT molecular complexity index is 1030. The van der Waals surface area contributed by atoms with Crippen LogP contribution in [0.1, 0.15) is 26.3 Å². The Morgan fingerprint density at radius 2 is 1.71 bits per heavy atom. The summed E-state index contributed by atoms with van der Waals surface area (Å²) < 4.78 is 12.0. The third kappa shape index (κ3) is 3.79. The maximum absolute atomic E-state index is 13.1. The lowest BCUT2D eigenvalue weighted by Gasteiger charge is -2.23. The average Bonchev–Trinajstić information content (AvgIpc) is 2.71. The highest BCUT2D eigenvalue weighted by molar-refractivity contribution is 5.84.